The molecule has 0 atom stereocenters. The Hall–Kier alpha value is -3.87. The highest BCUT2D eigenvalue weighted by atomic mass is 35.5. The first kappa shape index (κ1) is 25.4. The van der Waals surface area contributed by atoms with Crippen LogP contribution in [0, 0.1) is 6.92 Å². The number of allylic oxidation sites excluding steroid dienone is 1. The number of aromatic nitrogens is 3. The first-order valence-electron chi connectivity index (χ1n) is 13.3. The normalized spacial score (nSPS) is 16.1. The van der Waals surface area contributed by atoms with E-state index in [0.717, 1.165) is 41.2 Å². The van der Waals surface area contributed by atoms with E-state index >= 15 is 0 Å². The van der Waals surface area contributed by atoms with Crippen LogP contribution in [0.25, 0.3) is 22.9 Å². The first-order chi connectivity index (χ1) is 18.9. The summed E-state index contributed by atoms with van der Waals surface area (Å²) in [6, 6.07) is 18.2. The molecular weight excluding hydrogens is 506 g/mol. The maximum Gasteiger partial charge on any atom is 0.227 e. The van der Waals surface area contributed by atoms with E-state index in [2.05, 4.69) is 56.5 Å². The fraction of sp³-hybridized carbons (Fsp3) is 0.250. The molecule has 196 valence electrons. The number of halogens is 1. The number of piperidine rings is 1. The monoisotopic (exact) mass is 535 g/mol. The Morgan fingerprint density at radius 1 is 1.03 bits per heavy atom. The van der Waals surface area contributed by atoms with Crippen molar-refractivity contribution in [1.82, 2.24) is 19.9 Å². The van der Waals surface area contributed by atoms with E-state index in [0.29, 0.717) is 33.7 Å². The lowest BCUT2D eigenvalue weighted by molar-refractivity contribution is -0.113. The Labute approximate surface area is 233 Å². The summed E-state index contributed by atoms with van der Waals surface area (Å²) in [6.07, 6.45) is 7.96. The van der Waals surface area contributed by atoms with Crippen molar-refractivity contribution in [3.05, 3.63) is 100.0 Å². The van der Waals surface area contributed by atoms with Gasteiger partial charge in [0.05, 0.1) is 17.8 Å². The number of benzene rings is 2. The Morgan fingerprint density at radius 3 is 2.56 bits per heavy atom. The van der Waals surface area contributed by atoms with Crippen LogP contribution in [0.15, 0.2) is 67.0 Å². The van der Waals surface area contributed by atoms with Crippen LogP contribution < -0.4 is 5.32 Å². The molecule has 2 aliphatic rings. The summed E-state index contributed by atoms with van der Waals surface area (Å²) in [4.78, 5) is 29.2. The van der Waals surface area contributed by atoms with Crippen LogP contribution in [0.5, 0.6) is 0 Å². The van der Waals surface area contributed by atoms with Gasteiger partial charge in [0.15, 0.2) is 5.78 Å². The van der Waals surface area contributed by atoms with Gasteiger partial charge in [0.1, 0.15) is 0 Å². The van der Waals surface area contributed by atoms with Crippen LogP contribution >= 0.6 is 11.6 Å². The van der Waals surface area contributed by atoms with E-state index in [1.165, 1.54) is 18.4 Å². The van der Waals surface area contributed by atoms with Gasteiger partial charge in [-0.15, -0.1) is 0 Å². The van der Waals surface area contributed by atoms with Gasteiger partial charge in [0.25, 0.3) is 0 Å². The topological polar surface area (TPSA) is 71.0 Å². The van der Waals surface area contributed by atoms with Crippen LogP contribution in [-0.4, -0.2) is 45.8 Å². The zero-order valence-corrected chi connectivity index (χ0v) is 22.9. The highest BCUT2D eigenvalue weighted by Crippen LogP contribution is 2.35. The number of ketones is 1. The van der Waals surface area contributed by atoms with Crippen molar-refractivity contribution in [2.24, 2.45) is 0 Å². The minimum Gasteiger partial charge on any atom is -0.324 e. The Kier molecular flexibility index (Phi) is 6.98. The molecule has 4 aromatic rings. The van der Waals surface area contributed by atoms with E-state index in [4.69, 9.17) is 11.6 Å². The third-order valence-electron chi connectivity index (χ3n) is 7.73. The number of nitrogens with one attached hydrogen (secondary N) is 1. The molecule has 0 radical (unpaired) electrons. The lowest BCUT2D eigenvalue weighted by Gasteiger charge is -2.29. The smallest absolute Gasteiger partial charge is 0.227 e. The Morgan fingerprint density at radius 2 is 1.82 bits per heavy atom. The maximum atomic E-state index is 13.2. The molecule has 7 heteroatoms. The SMILES string of the molecule is Cc1cccnc1-c1ccc(C2=Cc3cnc(Nc4ccc(C5CCN(C)CC5)cc4)nc3CC2=O)c(Cl)c1. The van der Waals surface area contributed by atoms with E-state index in [-0.39, 0.29) is 12.2 Å². The van der Waals surface area contributed by atoms with Gasteiger partial charge >= 0.3 is 0 Å². The highest BCUT2D eigenvalue weighted by molar-refractivity contribution is 6.37. The van der Waals surface area contributed by atoms with Crippen molar-refractivity contribution in [3.63, 3.8) is 0 Å². The quantitative estimate of drug-likeness (QED) is 0.306. The molecule has 0 bridgehead atoms. The standard InChI is InChI=1S/C32H30ClN5O/c1-20-4-3-13-34-31(20)23-7-10-26(28(33)17-23)27-16-24-19-35-32(37-29(24)18-30(27)39)36-25-8-5-21(6-9-25)22-11-14-38(2)15-12-22/h3-10,13,16-17,19,22H,11-12,14-15,18H2,1-2H3,(H,35,36,37). The number of hydrogen-bond acceptors (Lipinski definition) is 6. The zero-order chi connectivity index (χ0) is 26.9. The number of Topliss-reactive ketones (excluding diaryl/α,β-unsaturated/α-hetero) is 1. The number of anilines is 2. The molecule has 1 N–H and O–H groups in total. The van der Waals surface area contributed by atoms with Crippen molar-refractivity contribution in [2.45, 2.75) is 32.1 Å². The summed E-state index contributed by atoms with van der Waals surface area (Å²) >= 11 is 6.68. The second-order valence-corrected chi connectivity index (χ2v) is 10.8. The highest BCUT2D eigenvalue weighted by Gasteiger charge is 2.24. The zero-order valence-electron chi connectivity index (χ0n) is 22.1. The molecule has 0 spiro atoms. The number of aryl methyl sites for hydroxylation is 1. The summed E-state index contributed by atoms with van der Waals surface area (Å²) in [5.74, 6) is 1.09. The molecule has 0 unspecified atom stereocenters. The summed E-state index contributed by atoms with van der Waals surface area (Å²) in [7, 11) is 2.18. The van der Waals surface area contributed by atoms with Gasteiger partial charge in [-0.1, -0.05) is 41.9 Å². The molecule has 2 aromatic carbocycles. The third-order valence-corrected chi connectivity index (χ3v) is 8.04. The molecule has 3 heterocycles. The van der Waals surface area contributed by atoms with Crippen molar-refractivity contribution >= 4 is 40.7 Å². The maximum absolute atomic E-state index is 13.2. The minimum atomic E-state index is -0.0155. The largest absolute Gasteiger partial charge is 0.324 e. The van der Waals surface area contributed by atoms with Gasteiger partial charge in [0, 0.05) is 45.4 Å². The van der Waals surface area contributed by atoms with Crippen LogP contribution in [0.1, 0.15) is 46.7 Å². The summed E-state index contributed by atoms with van der Waals surface area (Å²) in [5, 5.41) is 3.81. The van der Waals surface area contributed by atoms with Crippen molar-refractivity contribution in [3.8, 4) is 11.3 Å². The number of hydrogen-bond donors (Lipinski definition) is 1. The molecule has 0 saturated carbocycles. The van der Waals surface area contributed by atoms with Gasteiger partial charge in [-0.2, -0.15) is 0 Å². The summed E-state index contributed by atoms with van der Waals surface area (Å²) in [5.41, 5.74) is 7.99. The molecule has 6 rings (SSSR count). The van der Waals surface area contributed by atoms with E-state index in [1.807, 2.05) is 43.3 Å². The molecule has 1 saturated heterocycles. The van der Waals surface area contributed by atoms with E-state index in [1.54, 1.807) is 12.4 Å². The molecule has 39 heavy (non-hydrogen) atoms. The fourth-order valence-corrected chi connectivity index (χ4v) is 5.72. The molecule has 2 aromatic heterocycles. The van der Waals surface area contributed by atoms with Gasteiger partial charge in [0.2, 0.25) is 5.95 Å². The van der Waals surface area contributed by atoms with E-state index in [9.17, 15) is 4.79 Å². The summed E-state index contributed by atoms with van der Waals surface area (Å²) < 4.78 is 0. The molecule has 1 aliphatic heterocycles. The molecular formula is C32H30ClN5O. The van der Waals surface area contributed by atoms with Crippen molar-refractivity contribution in [2.75, 3.05) is 25.5 Å². The average Bonchev–Trinajstić information content (AvgIpc) is 2.94. The van der Waals surface area contributed by atoms with Crippen LogP contribution in [0.2, 0.25) is 5.02 Å². The molecule has 1 aliphatic carbocycles. The number of pyridine rings is 1. The van der Waals surface area contributed by atoms with Crippen LogP contribution in [-0.2, 0) is 11.2 Å². The summed E-state index contributed by atoms with van der Waals surface area (Å²) in [6.45, 7) is 4.30. The van der Waals surface area contributed by atoms with Gasteiger partial charge in [-0.25, -0.2) is 9.97 Å². The Bertz CT molecular complexity index is 1570. The number of rotatable bonds is 5. The number of likely N-dealkylation sites (tertiary alicyclic amines) is 1. The number of fused-ring (bicyclic) bond motifs is 1. The van der Waals surface area contributed by atoms with E-state index < -0.39 is 0 Å². The fourth-order valence-electron chi connectivity index (χ4n) is 5.44. The average molecular weight is 536 g/mol. The van der Waals surface area contributed by atoms with Gasteiger partial charge in [-0.3, -0.25) is 9.78 Å². The number of carbonyl (C=O) groups is 1. The second kappa shape index (κ2) is 10.7. The number of nitrogens with zero attached hydrogens (tertiary/aromatic N) is 4. The predicted molar refractivity (Wildman–Crippen MR) is 157 cm³/mol. The van der Waals surface area contributed by atoms with Gasteiger partial charge in [-0.05, 0) is 87.3 Å². The molecule has 1 fully saturated rings. The number of carbonyl (C=O) groups excluding carboxylic acids is 1. The first-order valence-corrected chi connectivity index (χ1v) is 13.7. The van der Waals surface area contributed by atoms with Crippen LogP contribution in [0.4, 0.5) is 11.6 Å². The Balaban J connectivity index is 1.20. The van der Waals surface area contributed by atoms with Crippen LogP contribution in [0.3, 0.4) is 0 Å². The lowest BCUT2D eigenvalue weighted by Crippen LogP contribution is -2.29. The van der Waals surface area contributed by atoms with Crippen molar-refractivity contribution < 1.29 is 4.79 Å². The minimum absolute atomic E-state index is 0.0155. The predicted octanol–water partition coefficient (Wildman–Crippen LogP) is 6.72. The third kappa shape index (κ3) is 5.35. The molecule has 6 nitrogen and oxygen atoms in total. The van der Waals surface area contributed by atoms with Gasteiger partial charge < -0.3 is 10.2 Å². The molecule has 0 amide bonds. The second-order valence-electron chi connectivity index (χ2n) is 10.4. The lowest BCUT2D eigenvalue weighted by atomic mass is 9.89. The van der Waals surface area contributed by atoms with Crippen molar-refractivity contribution in [1.29, 1.82) is 0 Å².